The van der Waals surface area contributed by atoms with E-state index in [1.54, 1.807) is 0 Å². The Morgan fingerprint density at radius 2 is 2.05 bits per heavy atom. The van der Waals surface area contributed by atoms with Gasteiger partial charge in [0.15, 0.2) is 5.13 Å². The monoisotopic (exact) mass is 285 g/mol. The number of hydrogen-bond donors (Lipinski definition) is 2. The average molecular weight is 285 g/mol. The fraction of sp³-hybridized carbons (Fsp3) is 0.583. The molecule has 1 aromatic heterocycles. The summed E-state index contributed by atoms with van der Waals surface area (Å²) in [5.74, 6) is -1.34. The molecule has 7 heteroatoms. The zero-order chi connectivity index (χ0) is 14.3. The number of aromatic nitrogens is 1. The van der Waals surface area contributed by atoms with Crippen LogP contribution in [0.25, 0.3) is 0 Å². The zero-order valence-corrected chi connectivity index (χ0v) is 12.2. The number of nitrogens with zero attached hydrogens (tertiary/aromatic N) is 1. The maximum atomic E-state index is 11.6. The third-order valence-electron chi connectivity index (χ3n) is 2.41. The van der Waals surface area contributed by atoms with E-state index >= 15 is 0 Å². The number of carbonyl (C=O) groups excluding carboxylic acids is 2. The molecule has 0 saturated heterocycles. The van der Waals surface area contributed by atoms with Crippen molar-refractivity contribution >= 4 is 28.3 Å². The molecule has 0 bridgehead atoms. The minimum Gasteiger partial charge on any atom is -0.382 e. The first-order chi connectivity index (χ1) is 9.04. The number of amides is 2. The molecule has 0 spiro atoms. The van der Waals surface area contributed by atoms with E-state index in [4.69, 9.17) is 4.74 Å². The summed E-state index contributed by atoms with van der Waals surface area (Å²) in [6, 6.07) is 0. The lowest BCUT2D eigenvalue weighted by Crippen LogP contribution is -2.36. The Bertz CT molecular complexity index is 426. The van der Waals surface area contributed by atoms with Crippen LogP contribution in [0, 0.1) is 13.8 Å². The highest BCUT2D eigenvalue weighted by molar-refractivity contribution is 7.15. The SMILES string of the molecule is CCOCCCNC(=O)C(=O)Nc1nc(C)c(C)s1. The lowest BCUT2D eigenvalue weighted by molar-refractivity contribution is -0.136. The van der Waals surface area contributed by atoms with Gasteiger partial charge in [-0.05, 0) is 27.2 Å². The summed E-state index contributed by atoms with van der Waals surface area (Å²) in [6.45, 7) is 7.32. The van der Waals surface area contributed by atoms with Gasteiger partial charge in [0.25, 0.3) is 0 Å². The number of nitrogens with one attached hydrogen (secondary N) is 2. The van der Waals surface area contributed by atoms with Crippen molar-refractivity contribution in [1.82, 2.24) is 10.3 Å². The first kappa shape index (κ1) is 15.6. The number of hydrogen-bond acceptors (Lipinski definition) is 5. The summed E-state index contributed by atoms with van der Waals surface area (Å²) in [6.07, 6.45) is 0.683. The Morgan fingerprint density at radius 3 is 2.63 bits per heavy atom. The minimum absolute atomic E-state index is 0.419. The van der Waals surface area contributed by atoms with Crippen LogP contribution in [0.1, 0.15) is 23.9 Å². The molecule has 0 aliphatic carbocycles. The summed E-state index contributed by atoms with van der Waals surface area (Å²) < 4.78 is 5.13. The number of ether oxygens (including phenoxy) is 1. The van der Waals surface area contributed by atoms with Crippen LogP contribution in [0.5, 0.6) is 0 Å². The van der Waals surface area contributed by atoms with Gasteiger partial charge in [0.2, 0.25) is 0 Å². The summed E-state index contributed by atoms with van der Waals surface area (Å²) in [4.78, 5) is 28.2. The second kappa shape index (κ2) is 7.85. The Kier molecular flexibility index (Phi) is 6.44. The van der Waals surface area contributed by atoms with Crippen LogP contribution in [-0.2, 0) is 14.3 Å². The number of anilines is 1. The van der Waals surface area contributed by atoms with Crippen LogP contribution in [0.15, 0.2) is 0 Å². The lowest BCUT2D eigenvalue weighted by Gasteiger charge is -2.04. The van der Waals surface area contributed by atoms with Crippen LogP contribution in [0.2, 0.25) is 0 Å². The quantitative estimate of drug-likeness (QED) is 0.609. The van der Waals surface area contributed by atoms with Crippen LogP contribution in [0.3, 0.4) is 0 Å². The smallest absolute Gasteiger partial charge is 0.315 e. The van der Waals surface area contributed by atoms with Gasteiger partial charge in [-0.1, -0.05) is 0 Å². The first-order valence-corrected chi connectivity index (χ1v) is 6.97. The largest absolute Gasteiger partial charge is 0.382 e. The molecule has 0 aromatic carbocycles. The molecule has 0 unspecified atom stereocenters. The molecule has 0 saturated carbocycles. The van der Waals surface area contributed by atoms with E-state index in [1.165, 1.54) is 11.3 Å². The van der Waals surface area contributed by atoms with Crippen LogP contribution < -0.4 is 10.6 Å². The average Bonchev–Trinajstić information content (AvgIpc) is 2.67. The van der Waals surface area contributed by atoms with Crippen LogP contribution in [0.4, 0.5) is 5.13 Å². The maximum absolute atomic E-state index is 11.6. The molecule has 6 nitrogen and oxygen atoms in total. The summed E-state index contributed by atoms with van der Waals surface area (Å²) in [5.41, 5.74) is 0.859. The third-order valence-corrected chi connectivity index (χ3v) is 3.40. The van der Waals surface area contributed by atoms with Gasteiger partial charge in [-0.15, -0.1) is 11.3 Å². The standard InChI is InChI=1S/C12H19N3O3S/c1-4-18-7-5-6-13-10(16)11(17)15-12-14-8(2)9(3)19-12/h4-7H2,1-3H3,(H,13,16)(H,14,15,17). The van der Waals surface area contributed by atoms with Crippen molar-refractivity contribution in [1.29, 1.82) is 0 Å². The molecular weight excluding hydrogens is 266 g/mol. The van der Waals surface area contributed by atoms with Crippen molar-refractivity contribution in [2.75, 3.05) is 25.1 Å². The van der Waals surface area contributed by atoms with Crippen molar-refractivity contribution in [2.45, 2.75) is 27.2 Å². The lowest BCUT2D eigenvalue weighted by atomic mass is 10.4. The fourth-order valence-electron chi connectivity index (χ4n) is 1.28. The predicted octanol–water partition coefficient (Wildman–Crippen LogP) is 1.24. The molecule has 1 aromatic rings. The molecule has 1 heterocycles. The third kappa shape index (κ3) is 5.35. The first-order valence-electron chi connectivity index (χ1n) is 6.15. The maximum Gasteiger partial charge on any atom is 0.315 e. The van der Waals surface area contributed by atoms with E-state index in [0.29, 0.717) is 31.3 Å². The molecular formula is C12H19N3O3S. The highest BCUT2D eigenvalue weighted by Gasteiger charge is 2.15. The molecule has 2 N–H and O–H groups in total. The second-order valence-electron chi connectivity index (χ2n) is 3.92. The highest BCUT2D eigenvalue weighted by atomic mass is 32.1. The molecule has 2 amide bonds. The number of rotatable bonds is 6. The minimum atomic E-state index is -0.690. The van der Waals surface area contributed by atoms with Gasteiger partial charge in [0.05, 0.1) is 5.69 Å². The van der Waals surface area contributed by atoms with Gasteiger partial charge < -0.3 is 10.1 Å². The van der Waals surface area contributed by atoms with Crippen molar-refractivity contribution in [3.8, 4) is 0 Å². The number of carbonyl (C=O) groups is 2. The normalized spacial score (nSPS) is 10.3. The number of thiazole rings is 1. The molecule has 0 radical (unpaired) electrons. The Labute approximate surface area is 116 Å². The van der Waals surface area contributed by atoms with E-state index in [2.05, 4.69) is 15.6 Å². The van der Waals surface area contributed by atoms with E-state index in [1.807, 2.05) is 20.8 Å². The molecule has 1 rings (SSSR count). The Hall–Kier alpha value is -1.47. The predicted molar refractivity (Wildman–Crippen MR) is 74.3 cm³/mol. The molecule has 0 aliphatic rings. The van der Waals surface area contributed by atoms with E-state index in [0.717, 1.165) is 10.6 Å². The van der Waals surface area contributed by atoms with Crippen molar-refractivity contribution in [3.05, 3.63) is 10.6 Å². The van der Waals surface area contributed by atoms with E-state index in [9.17, 15) is 9.59 Å². The van der Waals surface area contributed by atoms with E-state index in [-0.39, 0.29) is 0 Å². The highest BCUT2D eigenvalue weighted by Crippen LogP contribution is 2.20. The van der Waals surface area contributed by atoms with Crippen molar-refractivity contribution < 1.29 is 14.3 Å². The summed E-state index contributed by atoms with van der Waals surface area (Å²) in [7, 11) is 0. The topological polar surface area (TPSA) is 80.3 Å². The van der Waals surface area contributed by atoms with Gasteiger partial charge in [-0.25, -0.2) is 4.98 Å². The van der Waals surface area contributed by atoms with Gasteiger partial charge in [0.1, 0.15) is 0 Å². The van der Waals surface area contributed by atoms with Crippen LogP contribution >= 0.6 is 11.3 Å². The van der Waals surface area contributed by atoms with Gasteiger partial charge >= 0.3 is 11.8 Å². The van der Waals surface area contributed by atoms with Crippen molar-refractivity contribution in [2.24, 2.45) is 0 Å². The molecule has 106 valence electrons. The molecule has 0 atom stereocenters. The summed E-state index contributed by atoms with van der Waals surface area (Å²) in [5, 5.41) is 5.46. The number of aryl methyl sites for hydroxylation is 2. The molecule has 0 aliphatic heterocycles. The fourth-order valence-corrected chi connectivity index (χ4v) is 2.09. The Morgan fingerprint density at radius 1 is 1.32 bits per heavy atom. The van der Waals surface area contributed by atoms with Crippen molar-refractivity contribution in [3.63, 3.8) is 0 Å². The van der Waals surface area contributed by atoms with Gasteiger partial charge in [-0.2, -0.15) is 0 Å². The molecule has 19 heavy (non-hydrogen) atoms. The second-order valence-corrected chi connectivity index (χ2v) is 5.12. The van der Waals surface area contributed by atoms with Crippen LogP contribution in [-0.4, -0.2) is 36.6 Å². The molecule has 0 fully saturated rings. The Balaban J connectivity index is 2.30. The summed E-state index contributed by atoms with van der Waals surface area (Å²) >= 11 is 1.35. The zero-order valence-electron chi connectivity index (χ0n) is 11.4. The van der Waals surface area contributed by atoms with Gasteiger partial charge in [0, 0.05) is 24.6 Å². The van der Waals surface area contributed by atoms with Gasteiger partial charge in [-0.3, -0.25) is 14.9 Å². The van der Waals surface area contributed by atoms with E-state index < -0.39 is 11.8 Å².